The molecule has 1 aromatic heterocycles. The minimum atomic E-state index is -0.117. The summed E-state index contributed by atoms with van der Waals surface area (Å²) in [5, 5.41) is 5.38. The van der Waals surface area contributed by atoms with Gasteiger partial charge in [-0.25, -0.2) is 0 Å². The monoisotopic (exact) mass is 532 g/mol. The Balaban J connectivity index is 1.45. The maximum Gasteiger partial charge on any atom is 0.253 e. The fourth-order valence-electron chi connectivity index (χ4n) is 5.52. The van der Waals surface area contributed by atoms with Crippen molar-refractivity contribution in [3.05, 3.63) is 93.6 Å². The van der Waals surface area contributed by atoms with Crippen molar-refractivity contribution in [1.29, 1.82) is 0 Å². The van der Waals surface area contributed by atoms with Crippen LogP contribution < -0.4 is 10.1 Å². The van der Waals surface area contributed by atoms with Crippen LogP contribution in [-0.2, 0) is 4.74 Å². The average Bonchev–Trinajstić information content (AvgIpc) is 2.92. The molecule has 1 saturated heterocycles. The normalized spacial score (nSPS) is 17.7. The lowest BCUT2D eigenvalue weighted by molar-refractivity contribution is 0.0840. The van der Waals surface area contributed by atoms with Crippen molar-refractivity contribution in [2.75, 3.05) is 19.8 Å². The Hall–Kier alpha value is -3.12. The summed E-state index contributed by atoms with van der Waals surface area (Å²) in [7, 11) is 0. The zero-order chi connectivity index (χ0) is 25.4. The maximum absolute atomic E-state index is 13.8. The highest BCUT2D eigenvalue weighted by molar-refractivity contribution is 6.35. The van der Waals surface area contributed by atoms with Gasteiger partial charge in [-0.15, -0.1) is 0 Å². The van der Waals surface area contributed by atoms with E-state index in [-0.39, 0.29) is 17.9 Å². The molecule has 0 unspecified atom stereocenters. The molecule has 1 fully saturated rings. The van der Waals surface area contributed by atoms with Gasteiger partial charge in [-0.1, -0.05) is 59.6 Å². The van der Waals surface area contributed by atoms with Gasteiger partial charge in [0.25, 0.3) is 5.91 Å². The van der Waals surface area contributed by atoms with Gasteiger partial charge in [-0.2, -0.15) is 0 Å². The number of carbonyl (C=O) groups excluding carboxylic acids is 1. The number of pyridine rings is 1. The van der Waals surface area contributed by atoms with Crippen molar-refractivity contribution >= 4 is 40.0 Å². The Bertz CT molecular complexity index is 1460. The van der Waals surface area contributed by atoms with Crippen LogP contribution in [0.3, 0.4) is 0 Å². The molecule has 2 aliphatic rings. The van der Waals surface area contributed by atoms with Crippen LogP contribution in [0.25, 0.3) is 22.0 Å². The van der Waals surface area contributed by atoms with E-state index in [2.05, 4.69) is 11.4 Å². The van der Waals surface area contributed by atoms with Gasteiger partial charge in [0.1, 0.15) is 5.75 Å². The van der Waals surface area contributed by atoms with E-state index in [0.29, 0.717) is 35.4 Å². The molecule has 37 heavy (non-hydrogen) atoms. The summed E-state index contributed by atoms with van der Waals surface area (Å²) in [6.07, 6.45) is 4.15. The molecule has 0 saturated carbocycles. The maximum atomic E-state index is 13.8. The molecule has 1 amide bonds. The lowest BCUT2D eigenvalue weighted by Gasteiger charge is -2.29. The van der Waals surface area contributed by atoms with Crippen molar-refractivity contribution < 1.29 is 14.3 Å². The molecule has 0 bridgehead atoms. The second-order valence-corrected chi connectivity index (χ2v) is 10.4. The number of carbonyl (C=O) groups is 1. The van der Waals surface area contributed by atoms with Gasteiger partial charge in [0, 0.05) is 52.4 Å². The molecule has 3 heterocycles. The van der Waals surface area contributed by atoms with E-state index in [1.54, 1.807) is 12.3 Å². The zero-order valence-electron chi connectivity index (χ0n) is 20.2. The molecule has 5 nitrogen and oxygen atoms in total. The van der Waals surface area contributed by atoms with Crippen molar-refractivity contribution in [1.82, 2.24) is 10.3 Å². The lowest BCUT2D eigenvalue weighted by atomic mass is 9.85. The molecular weight excluding hydrogens is 507 g/mol. The molecular formula is C30H26Cl2N2O3. The fraction of sp³-hybridized carbons (Fsp3) is 0.267. The standard InChI is InChI=1S/C30H26Cl2N2O3/c31-20-14-19(15-21(32)16-20)22-5-3-6-24-28(18-8-11-36-12-9-18)25(17-33-29(22)24)30(35)34-26-10-13-37-27-7-2-1-4-23(26)27/h1-7,14-18,26H,8-13H2,(H,34,35)/t26-/m0/s1. The number of hydrogen-bond donors (Lipinski definition) is 1. The molecule has 2 aliphatic heterocycles. The molecule has 4 aromatic rings. The largest absolute Gasteiger partial charge is 0.493 e. The molecule has 1 atom stereocenters. The van der Waals surface area contributed by atoms with Crippen molar-refractivity contribution in [2.24, 2.45) is 0 Å². The van der Waals surface area contributed by atoms with Gasteiger partial charge in [-0.05, 0) is 54.2 Å². The van der Waals surface area contributed by atoms with Gasteiger partial charge in [0.05, 0.1) is 23.7 Å². The number of benzene rings is 3. The number of ether oxygens (including phenoxy) is 2. The minimum absolute atomic E-state index is 0.115. The molecule has 0 radical (unpaired) electrons. The SMILES string of the molecule is O=C(N[C@H]1CCOc2ccccc21)c1cnc2c(-c3cc(Cl)cc(Cl)c3)cccc2c1C1CCOCC1. The molecule has 0 spiro atoms. The van der Waals surface area contributed by atoms with Crippen LogP contribution in [-0.4, -0.2) is 30.7 Å². The van der Waals surface area contributed by atoms with Crippen molar-refractivity contribution in [3.8, 4) is 16.9 Å². The molecule has 6 rings (SSSR count). The van der Waals surface area contributed by atoms with Crippen molar-refractivity contribution in [2.45, 2.75) is 31.2 Å². The van der Waals surface area contributed by atoms with Crippen LogP contribution in [0.1, 0.15) is 52.7 Å². The van der Waals surface area contributed by atoms with E-state index < -0.39 is 0 Å². The predicted octanol–water partition coefficient (Wildman–Crippen LogP) is 7.36. The van der Waals surface area contributed by atoms with E-state index in [4.69, 9.17) is 37.7 Å². The Labute approximate surface area is 225 Å². The summed E-state index contributed by atoms with van der Waals surface area (Å²) in [6.45, 7) is 1.91. The lowest BCUT2D eigenvalue weighted by Crippen LogP contribution is -2.33. The highest BCUT2D eigenvalue weighted by Crippen LogP contribution is 2.39. The number of fused-ring (bicyclic) bond motifs is 2. The number of aromatic nitrogens is 1. The first-order valence-corrected chi connectivity index (χ1v) is 13.3. The van der Waals surface area contributed by atoms with Crippen LogP contribution in [0.2, 0.25) is 10.0 Å². The second kappa shape index (κ2) is 10.3. The highest BCUT2D eigenvalue weighted by atomic mass is 35.5. The summed E-state index contributed by atoms with van der Waals surface area (Å²) in [5.41, 5.74) is 5.30. The van der Waals surface area contributed by atoms with E-state index >= 15 is 0 Å². The number of rotatable bonds is 4. The quantitative estimate of drug-likeness (QED) is 0.298. The van der Waals surface area contributed by atoms with Crippen molar-refractivity contribution in [3.63, 3.8) is 0 Å². The number of nitrogens with one attached hydrogen (secondary N) is 1. The summed E-state index contributed by atoms with van der Waals surface area (Å²) in [5.74, 6) is 0.902. The third kappa shape index (κ3) is 4.79. The van der Waals surface area contributed by atoms with Crippen LogP contribution >= 0.6 is 23.2 Å². The average molecular weight is 533 g/mol. The number of amides is 1. The molecule has 7 heteroatoms. The van der Waals surface area contributed by atoms with Gasteiger partial charge < -0.3 is 14.8 Å². The first-order chi connectivity index (χ1) is 18.1. The third-order valence-electron chi connectivity index (χ3n) is 7.25. The van der Waals surface area contributed by atoms with E-state index in [1.807, 2.05) is 48.5 Å². The number of hydrogen-bond acceptors (Lipinski definition) is 4. The topological polar surface area (TPSA) is 60.5 Å². The second-order valence-electron chi connectivity index (χ2n) is 9.53. The molecule has 1 N–H and O–H groups in total. The Morgan fingerprint density at radius 1 is 0.919 bits per heavy atom. The molecule has 3 aromatic carbocycles. The number of halogens is 2. The Morgan fingerprint density at radius 2 is 1.70 bits per heavy atom. The first-order valence-electron chi connectivity index (χ1n) is 12.6. The van der Waals surface area contributed by atoms with Gasteiger partial charge >= 0.3 is 0 Å². The highest BCUT2D eigenvalue weighted by Gasteiger charge is 2.28. The van der Waals surface area contributed by atoms with E-state index in [0.717, 1.165) is 58.2 Å². The summed E-state index contributed by atoms with van der Waals surface area (Å²) >= 11 is 12.6. The van der Waals surface area contributed by atoms with E-state index in [9.17, 15) is 4.79 Å². The van der Waals surface area contributed by atoms with Gasteiger partial charge in [0.15, 0.2) is 0 Å². The van der Waals surface area contributed by atoms with E-state index in [1.165, 1.54) is 0 Å². The first kappa shape index (κ1) is 24.2. The third-order valence-corrected chi connectivity index (χ3v) is 7.69. The number of para-hydroxylation sites is 2. The van der Waals surface area contributed by atoms with Gasteiger partial charge in [-0.3, -0.25) is 9.78 Å². The zero-order valence-corrected chi connectivity index (χ0v) is 21.7. The fourth-order valence-corrected chi connectivity index (χ4v) is 6.05. The summed E-state index contributed by atoms with van der Waals surface area (Å²) < 4.78 is 11.4. The van der Waals surface area contributed by atoms with Crippen LogP contribution in [0.5, 0.6) is 5.75 Å². The summed E-state index contributed by atoms with van der Waals surface area (Å²) in [6, 6.07) is 19.3. The Kier molecular flexibility index (Phi) is 6.76. The molecule has 188 valence electrons. The predicted molar refractivity (Wildman–Crippen MR) is 147 cm³/mol. The molecule has 0 aliphatic carbocycles. The smallest absolute Gasteiger partial charge is 0.253 e. The van der Waals surface area contributed by atoms with Crippen LogP contribution in [0, 0.1) is 0 Å². The number of nitrogens with zero attached hydrogens (tertiary/aromatic N) is 1. The minimum Gasteiger partial charge on any atom is -0.493 e. The Morgan fingerprint density at radius 3 is 2.51 bits per heavy atom. The van der Waals surface area contributed by atoms with Gasteiger partial charge in [0.2, 0.25) is 0 Å². The summed E-state index contributed by atoms with van der Waals surface area (Å²) in [4.78, 5) is 18.6. The van der Waals surface area contributed by atoms with Crippen LogP contribution in [0.4, 0.5) is 0 Å². The van der Waals surface area contributed by atoms with Crippen LogP contribution in [0.15, 0.2) is 66.9 Å².